The molecule has 1 atom stereocenters. The van der Waals surface area contributed by atoms with E-state index < -0.39 is 0 Å². The summed E-state index contributed by atoms with van der Waals surface area (Å²) in [4.78, 5) is 2.18. The molecule has 0 saturated heterocycles. The second kappa shape index (κ2) is 5.73. The van der Waals surface area contributed by atoms with E-state index in [0.29, 0.717) is 6.54 Å². The quantitative estimate of drug-likeness (QED) is 0.799. The standard InChI is InChI=1S/C12H20N2O/c1-10(15-3)9-14(2)12-7-5-4-6-11(12)8-13/h4-7,10H,8-9,13H2,1-3H3. The molecule has 0 amide bonds. The Morgan fingerprint density at radius 1 is 1.40 bits per heavy atom. The van der Waals surface area contributed by atoms with Crippen molar-refractivity contribution in [3.8, 4) is 0 Å². The van der Waals surface area contributed by atoms with E-state index >= 15 is 0 Å². The highest BCUT2D eigenvalue weighted by Gasteiger charge is 2.08. The van der Waals surface area contributed by atoms with Gasteiger partial charge in [0, 0.05) is 32.9 Å². The van der Waals surface area contributed by atoms with Crippen LogP contribution in [0.5, 0.6) is 0 Å². The van der Waals surface area contributed by atoms with Gasteiger partial charge in [-0.1, -0.05) is 18.2 Å². The van der Waals surface area contributed by atoms with Crippen LogP contribution in [0.3, 0.4) is 0 Å². The van der Waals surface area contributed by atoms with Crippen LogP contribution in [0.1, 0.15) is 12.5 Å². The van der Waals surface area contributed by atoms with Gasteiger partial charge in [-0.05, 0) is 18.6 Å². The van der Waals surface area contributed by atoms with Crippen molar-refractivity contribution in [2.24, 2.45) is 5.73 Å². The number of hydrogen-bond donors (Lipinski definition) is 1. The van der Waals surface area contributed by atoms with Crippen molar-refractivity contribution in [1.82, 2.24) is 0 Å². The highest BCUT2D eigenvalue weighted by molar-refractivity contribution is 5.53. The van der Waals surface area contributed by atoms with Gasteiger partial charge in [0.05, 0.1) is 6.10 Å². The van der Waals surface area contributed by atoms with Crippen molar-refractivity contribution in [2.45, 2.75) is 19.6 Å². The summed E-state index contributed by atoms with van der Waals surface area (Å²) in [6.07, 6.45) is 0.223. The van der Waals surface area contributed by atoms with E-state index in [2.05, 4.69) is 31.0 Å². The molecule has 0 aliphatic heterocycles. The van der Waals surface area contributed by atoms with Gasteiger partial charge in [0.2, 0.25) is 0 Å². The van der Waals surface area contributed by atoms with Crippen molar-refractivity contribution in [1.29, 1.82) is 0 Å². The number of likely N-dealkylation sites (N-methyl/N-ethyl adjacent to an activating group) is 1. The first kappa shape index (κ1) is 12.0. The van der Waals surface area contributed by atoms with Crippen molar-refractivity contribution in [2.75, 3.05) is 25.6 Å². The second-order valence-electron chi connectivity index (χ2n) is 3.76. The molecular weight excluding hydrogens is 188 g/mol. The molecular formula is C12H20N2O. The zero-order valence-electron chi connectivity index (χ0n) is 9.73. The zero-order chi connectivity index (χ0) is 11.3. The number of rotatable bonds is 5. The lowest BCUT2D eigenvalue weighted by Gasteiger charge is -2.24. The fourth-order valence-electron chi connectivity index (χ4n) is 1.61. The molecule has 1 aromatic carbocycles. The Bertz CT molecular complexity index is 301. The lowest BCUT2D eigenvalue weighted by molar-refractivity contribution is 0.124. The Balaban J connectivity index is 2.76. The molecule has 15 heavy (non-hydrogen) atoms. The van der Waals surface area contributed by atoms with Gasteiger partial charge in [-0.2, -0.15) is 0 Å². The minimum atomic E-state index is 0.223. The molecule has 1 rings (SSSR count). The smallest absolute Gasteiger partial charge is 0.0717 e. The summed E-state index contributed by atoms with van der Waals surface area (Å²) in [6, 6.07) is 8.19. The minimum absolute atomic E-state index is 0.223. The molecule has 84 valence electrons. The van der Waals surface area contributed by atoms with Gasteiger partial charge in [-0.3, -0.25) is 0 Å². The maximum absolute atomic E-state index is 5.69. The minimum Gasteiger partial charge on any atom is -0.380 e. The van der Waals surface area contributed by atoms with E-state index in [1.807, 2.05) is 12.1 Å². The molecule has 0 heterocycles. The molecule has 0 fully saturated rings. The first-order valence-corrected chi connectivity index (χ1v) is 5.21. The number of para-hydroxylation sites is 1. The number of nitrogens with zero attached hydrogens (tertiary/aromatic N) is 1. The third kappa shape index (κ3) is 3.22. The second-order valence-corrected chi connectivity index (χ2v) is 3.76. The van der Waals surface area contributed by atoms with Crippen LogP contribution < -0.4 is 10.6 Å². The monoisotopic (exact) mass is 208 g/mol. The number of methoxy groups -OCH3 is 1. The SMILES string of the molecule is COC(C)CN(C)c1ccccc1CN. The largest absolute Gasteiger partial charge is 0.380 e. The average molecular weight is 208 g/mol. The van der Waals surface area contributed by atoms with Crippen LogP contribution in [0.15, 0.2) is 24.3 Å². The van der Waals surface area contributed by atoms with Crippen molar-refractivity contribution < 1.29 is 4.74 Å². The number of benzene rings is 1. The maximum atomic E-state index is 5.69. The summed E-state index contributed by atoms with van der Waals surface area (Å²) in [6.45, 7) is 3.50. The molecule has 0 bridgehead atoms. The fourth-order valence-corrected chi connectivity index (χ4v) is 1.61. The Hall–Kier alpha value is -1.06. The van der Waals surface area contributed by atoms with E-state index in [-0.39, 0.29) is 6.10 Å². The first-order valence-electron chi connectivity index (χ1n) is 5.21. The van der Waals surface area contributed by atoms with Gasteiger partial charge in [0.1, 0.15) is 0 Å². The Morgan fingerprint density at radius 2 is 2.07 bits per heavy atom. The van der Waals surface area contributed by atoms with Gasteiger partial charge in [0.15, 0.2) is 0 Å². The molecule has 0 aliphatic carbocycles. The van der Waals surface area contributed by atoms with Crippen molar-refractivity contribution >= 4 is 5.69 Å². The molecule has 0 spiro atoms. The maximum Gasteiger partial charge on any atom is 0.0717 e. The molecule has 0 radical (unpaired) electrons. The Morgan fingerprint density at radius 3 is 2.67 bits per heavy atom. The first-order chi connectivity index (χ1) is 7.19. The molecule has 0 saturated carbocycles. The number of anilines is 1. The van der Waals surface area contributed by atoms with Gasteiger partial charge < -0.3 is 15.4 Å². The summed E-state index contributed by atoms with van der Waals surface area (Å²) in [7, 11) is 3.79. The molecule has 1 aromatic rings. The van der Waals surface area contributed by atoms with Crippen LogP contribution in [-0.4, -0.2) is 26.8 Å². The highest BCUT2D eigenvalue weighted by atomic mass is 16.5. The van der Waals surface area contributed by atoms with Crippen LogP contribution in [-0.2, 0) is 11.3 Å². The third-order valence-corrected chi connectivity index (χ3v) is 2.56. The fraction of sp³-hybridized carbons (Fsp3) is 0.500. The summed E-state index contributed by atoms with van der Waals surface area (Å²) in [5, 5.41) is 0. The van der Waals surface area contributed by atoms with Gasteiger partial charge in [-0.25, -0.2) is 0 Å². The van der Waals surface area contributed by atoms with E-state index in [1.54, 1.807) is 7.11 Å². The average Bonchev–Trinajstić information content (AvgIpc) is 2.28. The van der Waals surface area contributed by atoms with Crippen LogP contribution in [0.4, 0.5) is 5.69 Å². The summed E-state index contributed by atoms with van der Waals surface area (Å²) >= 11 is 0. The van der Waals surface area contributed by atoms with E-state index in [1.165, 1.54) is 11.3 Å². The van der Waals surface area contributed by atoms with E-state index in [9.17, 15) is 0 Å². The van der Waals surface area contributed by atoms with Gasteiger partial charge >= 0.3 is 0 Å². The topological polar surface area (TPSA) is 38.5 Å². The molecule has 0 aromatic heterocycles. The van der Waals surface area contributed by atoms with Crippen LogP contribution in [0.25, 0.3) is 0 Å². The lowest BCUT2D eigenvalue weighted by atomic mass is 10.1. The van der Waals surface area contributed by atoms with E-state index in [4.69, 9.17) is 10.5 Å². The molecule has 2 N–H and O–H groups in total. The summed E-state index contributed by atoms with van der Waals surface area (Å²) < 4.78 is 5.24. The summed E-state index contributed by atoms with van der Waals surface area (Å²) in [5.74, 6) is 0. The predicted molar refractivity (Wildman–Crippen MR) is 64.1 cm³/mol. The van der Waals surface area contributed by atoms with Gasteiger partial charge in [-0.15, -0.1) is 0 Å². The molecule has 3 nitrogen and oxygen atoms in total. The third-order valence-electron chi connectivity index (χ3n) is 2.56. The lowest BCUT2D eigenvalue weighted by Crippen LogP contribution is -2.29. The van der Waals surface area contributed by atoms with Crippen molar-refractivity contribution in [3.63, 3.8) is 0 Å². The number of hydrogen-bond acceptors (Lipinski definition) is 3. The molecule has 0 aliphatic rings. The van der Waals surface area contributed by atoms with Crippen LogP contribution >= 0.6 is 0 Å². The van der Waals surface area contributed by atoms with Crippen molar-refractivity contribution in [3.05, 3.63) is 29.8 Å². The van der Waals surface area contributed by atoms with Crippen LogP contribution in [0, 0.1) is 0 Å². The zero-order valence-corrected chi connectivity index (χ0v) is 9.73. The molecule has 3 heteroatoms. The highest BCUT2D eigenvalue weighted by Crippen LogP contribution is 2.18. The summed E-state index contributed by atoms with van der Waals surface area (Å²) in [5.41, 5.74) is 8.05. The Labute approximate surface area is 91.8 Å². The number of nitrogens with two attached hydrogens (primary N) is 1. The van der Waals surface area contributed by atoms with E-state index in [0.717, 1.165) is 6.54 Å². The predicted octanol–water partition coefficient (Wildman–Crippen LogP) is 1.62. The molecule has 1 unspecified atom stereocenters. The Kier molecular flexibility index (Phi) is 4.59. The number of ether oxygens (including phenoxy) is 1. The van der Waals surface area contributed by atoms with Gasteiger partial charge in [0.25, 0.3) is 0 Å². The van der Waals surface area contributed by atoms with Crippen LogP contribution in [0.2, 0.25) is 0 Å². The normalized spacial score (nSPS) is 12.5.